The van der Waals surface area contributed by atoms with Crippen LogP contribution in [0.15, 0.2) is 24.3 Å². The molecule has 30 heavy (non-hydrogen) atoms. The third kappa shape index (κ3) is 5.56. The van der Waals surface area contributed by atoms with E-state index in [9.17, 15) is 19.2 Å². The Morgan fingerprint density at radius 3 is 2.47 bits per heavy atom. The van der Waals surface area contributed by atoms with Crippen molar-refractivity contribution in [2.75, 3.05) is 51.1 Å². The Bertz CT molecular complexity index is 774. The summed E-state index contributed by atoms with van der Waals surface area (Å²) in [4.78, 5) is 53.8. The molecule has 1 atom stereocenters. The van der Waals surface area contributed by atoms with E-state index >= 15 is 0 Å². The number of nitrogens with zero attached hydrogens (tertiary/aromatic N) is 3. The zero-order valence-electron chi connectivity index (χ0n) is 17.3. The molecule has 2 N–H and O–H groups in total. The van der Waals surface area contributed by atoms with Gasteiger partial charge in [0.05, 0.1) is 13.0 Å². The first-order valence-electron chi connectivity index (χ1n) is 10.4. The smallest absolute Gasteiger partial charge is 0.243 e. The summed E-state index contributed by atoms with van der Waals surface area (Å²) < 4.78 is 0. The van der Waals surface area contributed by atoms with Crippen molar-refractivity contribution in [1.29, 1.82) is 0 Å². The fourth-order valence-corrected chi connectivity index (χ4v) is 3.74. The lowest BCUT2D eigenvalue weighted by atomic mass is 10.1. The van der Waals surface area contributed by atoms with Gasteiger partial charge < -0.3 is 20.4 Å². The summed E-state index contributed by atoms with van der Waals surface area (Å²) in [7, 11) is 0. The molecule has 2 fully saturated rings. The van der Waals surface area contributed by atoms with E-state index in [0.29, 0.717) is 45.0 Å². The highest BCUT2D eigenvalue weighted by Gasteiger charge is 2.35. The lowest BCUT2D eigenvalue weighted by molar-refractivity contribution is -0.145. The number of carbonyl (C=O) groups is 4. The first-order chi connectivity index (χ1) is 14.5. The number of benzene rings is 1. The van der Waals surface area contributed by atoms with Crippen molar-refractivity contribution in [3.63, 3.8) is 0 Å². The molecule has 1 aromatic rings. The van der Waals surface area contributed by atoms with E-state index in [1.165, 1.54) is 10.5 Å². The van der Waals surface area contributed by atoms with Crippen LogP contribution in [0, 0.1) is 0 Å². The molecule has 1 aromatic carbocycles. The van der Waals surface area contributed by atoms with Crippen LogP contribution in [-0.4, -0.2) is 90.7 Å². The third-order valence-electron chi connectivity index (χ3n) is 5.59. The molecule has 0 aliphatic carbocycles. The lowest BCUT2D eigenvalue weighted by Gasteiger charge is -2.37. The van der Waals surface area contributed by atoms with E-state index in [4.69, 9.17) is 0 Å². The highest BCUT2D eigenvalue weighted by atomic mass is 16.2. The monoisotopic (exact) mass is 415 g/mol. The Morgan fingerprint density at radius 1 is 1.13 bits per heavy atom. The molecule has 0 unspecified atom stereocenters. The van der Waals surface area contributed by atoms with Crippen LogP contribution in [-0.2, 0) is 25.6 Å². The normalized spacial score (nSPS) is 19.9. The van der Waals surface area contributed by atoms with Gasteiger partial charge in [-0.3, -0.25) is 24.1 Å². The first kappa shape index (κ1) is 21.8. The maximum Gasteiger partial charge on any atom is 0.243 e. The molecule has 2 heterocycles. The average molecular weight is 415 g/mol. The van der Waals surface area contributed by atoms with Crippen molar-refractivity contribution in [1.82, 2.24) is 20.0 Å². The van der Waals surface area contributed by atoms with Crippen molar-refractivity contribution < 1.29 is 19.2 Å². The first-order valence-corrected chi connectivity index (χ1v) is 10.4. The van der Waals surface area contributed by atoms with Crippen molar-refractivity contribution in [3.05, 3.63) is 29.8 Å². The van der Waals surface area contributed by atoms with Crippen LogP contribution in [0.5, 0.6) is 0 Å². The van der Waals surface area contributed by atoms with Gasteiger partial charge in [-0.25, -0.2) is 0 Å². The van der Waals surface area contributed by atoms with E-state index in [-0.39, 0.29) is 30.7 Å². The molecule has 0 radical (unpaired) electrons. The van der Waals surface area contributed by atoms with Crippen molar-refractivity contribution >= 4 is 29.8 Å². The lowest BCUT2D eigenvalue weighted by Crippen LogP contribution is -2.60. The second-order valence-corrected chi connectivity index (χ2v) is 7.61. The highest BCUT2D eigenvalue weighted by molar-refractivity contribution is 5.97. The summed E-state index contributed by atoms with van der Waals surface area (Å²) in [5.41, 5.74) is 1.84. The SMILES string of the molecule is CCc1ccc(NC(=O)C[C@@H]2C(=O)NCCN2C(=O)CN2CCN(C=O)CC2)cc1. The van der Waals surface area contributed by atoms with Gasteiger partial charge in [-0.1, -0.05) is 19.1 Å². The van der Waals surface area contributed by atoms with E-state index < -0.39 is 6.04 Å². The van der Waals surface area contributed by atoms with Gasteiger partial charge in [-0.2, -0.15) is 0 Å². The van der Waals surface area contributed by atoms with Crippen LogP contribution in [0.1, 0.15) is 18.9 Å². The minimum atomic E-state index is -0.822. The van der Waals surface area contributed by atoms with Gasteiger partial charge in [0, 0.05) is 45.0 Å². The van der Waals surface area contributed by atoms with E-state index in [0.717, 1.165) is 12.8 Å². The fourth-order valence-electron chi connectivity index (χ4n) is 3.74. The van der Waals surface area contributed by atoms with Gasteiger partial charge in [0.1, 0.15) is 6.04 Å². The number of rotatable bonds is 7. The third-order valence-corrected chi connectivity index (χ3v) is 5.59. The van der Waals surface area contributed by atoms with Gasteiger partial charge in [-0.05, 0) is 24.1 Å². The molecule has 2 aliphatic rings. The molecule has 2 aliphatic heterocycles. The minimum Gasteiger partial charge on any atom is -0.353 e. The van der Waals surface area contributed by atoms with Gasteiger partial charge in [0.15, 0.2) is 0 Å². The molecule has 0 spiro atoms. The second kappa shape index (κ2) is 10.2. The molecule has 3 rings (SSSR count). The standard InChI is InChI=1S/C21H29N5O4/c1-2-16-3-5-17(6-4-16)23-19(28)13-18-21(30)22-7-8-26(18)20(29)14-24-9-11-25(15-27)12-10-24/h3-6,15,18H,2,7-14H2,1H3,(H,22,30)(H,23,28)/t18-/m1/s1. The van der Waals surface area contributed by atoms with Gasteiger partial charge >= 0.3 is 0 Å². The summed E-state index contributed by atoms with van der Waals surface area (Å²) in [5.74, 6) is -0.787. The van der Waals surface area contributed by atoms with Crippen LogP contribution < -0.4 is 10.6 Å². The molecular weight excluding hydrogens is 386 g/mol. The largest absolute Gasteiger partial charge is 0.353 e. The molecular formula is C21H29N5O4. The molecule has 162 valence electrons. The number of piperazine rings is 2. The molecule has 9 nitrogen and oxygen atoms in total. The van der Waals surface area contributed by atoms with E-state index in [1.54, 1.807) is 4.90 Å². The number of hydrogen-bond donors (Lipinski definition) is 2. The maximum atomic E-state index is 12.9. The Labute approximate surface area is 176 Å². The number of nitrogens with one attached hydrogen (secondary N) is 2. The van der Waals surface area contributed by atoms with E-state index in [2.05, 4.69) is 17.6 Å². The predicted octanol–water partition coefficient (Wildman–Crippen LogP) is -0.321. The Balaban J connectivity index is 1.58. The number of amides is 4. The van der Waals surface area contributed by atoms with Gasteiger partial charge in [0.2, 0.25) is 24.1 Å². The number of aryl methyl sites for hydroxylation is 1. The van der Waals surface area contributed by atoms with Gasteiger partial charge in [-0.15, -0.1) is 0 Å². The topological polar surface area (TPSA) is 102 Å². The number of anilines is 1. The molecule has 2 saturated heterocycles. The summed E-state index contributed by atoms with van der Waals surface area (Å²) in [6, 6.07) is 6.74. The summed E-state index contributed by atoms with van der Waals surface area (Å²) >= 11 is 0. The van der Waals surface area contributed by atoms with Crippen molar-refractivity contribution in [2.45, 2.75) is 25.8 Å². The highest BCUT2D eigenvalue weighted by Crippen LogP contribution is 2.14. The maximum absolute atomic E-state index is 12.9. The van der Waals surface area contributed by atoms with Crippen LogP contribution in [0.25, 0.3) is 0 Å². The Morgan fingerprint density at radius 2 is 1.83 bits per heavy atom. The summed E-state index contributed by atoms with van der Waals surface area (Å²) in [6.45, 7) is 5.38. The molecule has 0 saturated carbocycles. The fraction of sp³-hybridized carbons (Fsp3) is 0.524. The summed E-state index contributed by atoms with van der Waals surface area (Å²) in [5, 5.41) is 5.55. The Kier molecular flexibility index (Phi) is 7.40. The van der Waals surface area contributed by atoms with Crippen LogP contribution in [0.2, 0.25) is 0 Å². The summed E-state index contributed by atoms with van der Waals surface area (Å²) in [6.07, 6.45) is 1.64. The zero-order chi connectivity index (χ0) is 21.5. The quantitative estimate of drug-likeness (QED) is 0.595. The number of hydrogen-bond acceptors (Lipinski definition) is 5. The van der Waals surface area contributed by atoms with Gasteiger partial charge in [0.25, 0.3) is 0 Å². The van der Waals surface area contributed by atoms with Crippen LogP contribution in [0.4, 0.5) is 5.69 Å². The average Bonchev–Trinajstić information content (AvgIpc) is 2.76. The van der Waals surface area contributed by atoms with Crippen molar-refractivity contribution in [3.8, 4) is 0 Å². The van der Waals surface area contributed by atoms with Crippen LogP contribution >= 0.6 is 0 Å². The molecule has 9 heteroatoms. The minimum absolute atomic E-state index is 0.0912. The van der Waals surface area contributed by atoms with E-state index in [1.807, 2.05) is 29.2 Å². The molecule has 4 amide bonds. The van der Waals surface area contributed by atoms with Crippen molar-refractivity contribution in [2.24, 2.45) is 0 Å². The van der Waals surface area contributed by atoms with Crippen LogP contribution in [0.3, 0.4) is 0 Å². The predicted molar refractivity (Wildman–Crippen MR) is 112 cm³/mol. The number of carbonyl (C=O) groups excluding carboxylic acids is 4. The zero-order valence-corrected chi connectivity index (χ0v) is 17.3. The molecule has 0 aromatic heterocycles. The molecule has 0 bridgehead atoms. The second-order valence-electron chi connectivity index (χ2n) is 7.61. The Hall–Kier alpha value is -2.94.